The number of carboxylic acids is 1. The number of rotatable bonds is 7. The third kappa shape index (κ3) is 4.79. The Morgan fingerprint density at radius 1 is 1.22 bits per heavy atom. The number of likely N-dealkylation sites (tertiary alicyclic amines) is 1. The lowest BCUT2D eigenvalue weighted by molar-refractivity contribution is -0.145. The molecular weight excluding hydrogens is 292 g/mol. The summed E-state index contributed by atoms with van der Waals surface area (Å²) in [6.07, 6.45) is 1.76. The van der Waals surface area contributed by atoms with E-state index in [1.54, 1.807) is 0 Å². The van der Waals surface area contributed by atoms with Gasteiger partial charge in [0, 0.05) is 25.7 Å². The molecule has 1 aromatic rings. The number of nitrogens with zero attached hydrogens (tertiary/aromatic N) is 1. The molecule has 0 spiro atoms. The van der Waals surface area contributed by atoms with Crippen LogP contribution in [0.2, 0.25) is 0 Å². The highest BCUT2D eigenvalue weighted by atomic mass is 16.4. The van der Waals surface area contributed by atoms with Gasteiger partial charge in [0.1, 0.15) is 0 Å². The van der Waals surface area contributed by atoms with Gasteiger partial charge in [-0.25, -0.2) is 0 Å². The molecule has 1 saturated heterocycles. The van der Waals surface area contributed by atoms with Gasteiger partial charge in [-0.15, -0.1) is 0 Å². The van der Waals surface area contributed by atoms with Gasteiger partial charge in [-0.05, 0) is 32.3 Å². The third-order valence-corrected chi connectivity index (χ3v) is 4.52. The molecule has 0 aromatic heterocycles. The van der Waals surface area contributed by atoms with Crippen molar-refractivity contribution >= 4 is 11.9 Å². The molecule has 1 aliphatic heterocycles. The van der Waals surface area contributed by atoms with Crippen LogP contribution in [0.15, 0.2) is 30.3 Å². The number of benzene rings is 1. The summed E-state index contributed by atoms with van der Waals surface area (Å²) in [5.41, 5.74) is 1.25. The predicted molar refractivity (Wildman–Crippen MR) is 89.1 cm³/mol. The van der Waals surface area contributed by atoms with Gasteiger partial charge < -0.3 is 10.4 Å². The van der Waals surface area contributed by atoms with Crippen molar-refractivity contribution in [3.63, 3.8) is 0 Å². The van der Waals surface area contributed by atoms with Crippen LogP contribution < -0.4 is 5.32 Å². The molecule has 2 unspecified atom stereocenters. The number of aryl methyl sites for hydroxylation is 1. The van der Waals surface area contributed by atoms with E-state index in [9.17, 15) is 14.7 Å². The molecule has 0 bridgehead atoms. The molecule has 126 valence electrons. The number of carbonyl (C=O) groups excluding carboxylic acids is 1. The quantitative estimate of drug-likeness (QED) is 0.752. The zero-order chi connectivity index (χ0) is 16.8. The molecule has 1 fully saturated rings. The summed E-state index contributed by atoms with van der Waals surface area (Å²) in [6, 6.07) is 10.4. The summed E-state index contributed by atoms with van der Waals surface area (Å²) in [5, 5.41) is 12.3. The highest BCUT2D eigenvalue weighted by Gasteiger charge is 2.42. The fourth-order valence-corrected chi connectivity index (χ4v) is 3.05. The van der Waals surface area contributed by atoms with E-state index < -0.39 is 17.8 Å². The Morgan fingerprint density at radius 2 is 1.87 bits per heavy atom. The maximum Gasteiger partial charge on any atom is 0.308 e. The minimum atomic E-state index is -0.877. The monoisotopic (exact) mass is 318 g/mol. The van der Waals surface area contributed by atoms with E-state index in [1.807, 2.05) is 32.0 Å². The first-order chi connectivity index (χ1) is 11.0. The molecular formula is C18H26N2O3. The number of nitrogens with one attached hydrogen (secondary N) is 1. The lowest BCUT2D eigenvalue weighted by Gasteiger charge is -2.19. The number of amides is 1. The lowest BCUT2D eigenvalue weighted by Crippen LogP contribution is -2.38. The maximum atomic E-state index is 12.3. The van der Waals surface area contributed by atoms with Crippen molar-refractivity contribution in [3.05, 3.63) is 35.9 Å². The minimum Gasteiger partial charge on any atom is -0.481 e. The second-order valence-corrected chi connectivity index (χ2v) is 6.48. The van der Waals surface area contributed by atoms with Crippen molar-refractivity contribution in [1.29, 1.82) is 0 Å². The first-order valence-electron chi connectivity index (χ1n) is 8.27. The molecule has 0 aliphatic carbocycles. The van der Waals surface area contributed by atoms with E-state index in [1.165, 1.54) is 5.56 Å². The fourth-order valence-electron chi connectivity index (χ4n) is 3.05. The van der Waals surface area contributed by atoms with Gasteiger partial charge in [0.25, 0.3) is 0 Å². The zero-order valence-electron chi connectivity index (χ0n) is 13.9. The SMILES string of the molecule is CC(C)N1CC(C(=O)O)C(C(=O)NCCCc2ccccc2)C1. The summed E-state index contributed by atoms with van der Waals surface area (Å²) < 4.78 is 0. The van der Waals surface area contributed by atoms with Gasteiger partial charge in [0.05, 0.1) is 11.8 Å². The highest BCUT2D eigenvalue weighted by molar-refractivity contribution is 5.85. The number of carboxylic acid groups (broad SMARTS) is 1. The van der Waals surface area contributed by atoms with Crippen molar-refractivity contribution in [1.82, 2.24) is 10.2 Å². The normalized spacial score (nSPS) is 21.5. The second-order valence-electron chi connectivity index (χ2n) is 6.48. The van der Waals surface area contributed by atoms with E-state index in [2.05, 4.69) is 22.3 Å². The zero-order valence-corrected chi connectivity index (χ0v) is 13.9. The topological polar surface area (TPSA) is 69.6 Å². The van der Waals surface area contributed by atoms with Crippen LogP contribution in [0.3, 0.4) is 0 Å². The van der Waals surface area contributed by atoms with Gasteiger partial charge in [0.15, 0.2) is 0 Å². The van der Waals surface area contributed by atoms with Crippen molar-refractivity contribution < 1.29 is 14.7 Å². The summed E-state index contributed by atoms with van der Waals surface area (Å²) in [7, 11) is 0. The van der Waals surface area contributed by atoms with Crippen LogP contribution in [0.25, 0.3) is 0 Å². The Morgan fingerprint density at radius 3 is 2.48 bits per heavy atom. The molecule has 5 nitrogen and oxygen atoms in total. The summed E-state index contributed by atoms with van der Waals surface area (Å²) >= 11 is 0. The van der Waals surface area contributed by atoms with Crippen molar-refractivity contribution in [2.45, 2.75) is 32.7 Å². The third-order valence-electron chi connectivity index (χ3n) is 4.52. The Bertz CT molecular complexity index is 530. The van der Waals surface area contributed by atoms with Crippen LogP contribution in [-0.2, 0) is 16.0 Å². The van der Waals surface area contributed by atoms with Crippen LogP contribution in [0.5, 0.6) is 0 Å². The molecule has 1 heterocycles. The minimum absolute atomic E-state index is 0.131. The Hall–Kier alpha value is -1.88. The maximum absolute atomic E-state index is 12.3. The van der Waals surface area contributed by atoms with E-state index in [0.29, 0.717) is 19.6 Å². The average Bonchev–Trinajstić information content (AvgIpc) is 2.98. The number of hydrogen-bond acceptors (Lipinski definition) is 3. The number of hydrogen-bond donors (Lipinski definition) is 2. The van der Waals surface area contributed by atoms with E-state index in [0.717, 1.165) is 12.8 Å². The van der Waals surface area contributed by atoms with Crippen molar-refractivity contribution in [2.75, 3.05) is 19.6 Å². The lowest BCUT2D eigenvalue weighted by atomic mass is 9.95. The van der Waals surface area contributed by atoms with Crippen molar-refractivity contribution in [2.24, 2.45) is 11.8 Å². The molecule has 2 atom stereocenters. The first-order valence-corrected chi connectivity index (χ1v) is 8.27. The van der Waals surface area contributed by atoms with Gasteiger partial charge in [-0.3, -0.25) is 14.5 Å². The number of aliphatic carboxylic acids is 1. The number of carbonyl (C=O) groups is 2. The Kier molecular flexibility index (Phi) is 6.16. The first kappa shape index (κ1) is 17.5. The summed E-state index contributed by atoms with van der Waals surface area (Å²) in [4.78, 5) is 25.8. The summed E-state index contributed by atoms with van der Waals surface area (Å²) in [5.74, 6) is -2.07. The summed E-state index contributed by atoms with van der Waals surface area (Å²) in [6.45, 7) is 5.62. The molecule has 1 aromatic carbocycles. The molecule has 1 aliphatic rings. The highest BCUT2D eigenvalue weighted by Crippen LogP contribution is 2.25. The fraction of sp³-hybridized carbons (Fsp3) is 0.556. The smallest absolute Gasteiger partial charge is 0.308 e. The van der Waals surface area contributed by atoms with Gasteiger partial charge in [-0.2, -0.15) is 0 Å². The second kappa shape index (κ2) is 8.11. The van der Waals surface area contributed by atoms with Crippen LogP contribution in [0.4, 0.5) is 0 Å². The molecule has 0 saturated carbocycles. The van der Waals surface area contributed by atoms with Gasteiger partial charge in [-0.1, -0.05) is 30.3 Å². The van der Waals surface area contributed by atoms with Gasteiger partial charge >= 0.3 is 5.97 Å². The predicted octanol–water partition coefficient (Wildman–Crippen LogP) is 1.78. The molecule has 23 heavy (non-hydrogen) atoms. The standard InChI is InChI=1S/C18H26N2O3/c1-13(2)20-11-15(16(12-20)18(22)23)17(21)19-10-6-9-14-7-4-3-5-8-14/h3-5,7-8,13,15-16H,6,9-12H2,1-2H3,(H,19,21)(H,22,23). The Labute approximate surface area is 137 Å². The molecule has 2 N–H and O–H groups in total. The van der Waals surface area contributed by atoms with Crippen molar-refractivity contribution in [3.8, 4) is 0 Å². The van der Waals surface area contributed by atoms with E-state index >= 15 is 0 Å². The van der Waals surface area contributed by atoms with Crippen LogP contribution >= 0.6 is 0 Å². The molecule has 0 radical (unpaired) electrons. The Balaban J connectivity index is 1.80. The van der Waals surface area contributed by atoms with Gasteiger partial charge in [0.2, 0.25) is 5.91 Å². The molecule has 1 amide bonds. The molecule has 5 heteroatoms. The van der Waals surface area contributed by atoms with Crippen LogP contribution in [0.1, 0.15) is 25.8 Å². The van der Waals surface area contributed by atoms with Crippen LogP contribution in [-0.4, -0.2) is 47.6 Å². The van der Waals surface area contributed by atoms with E-state index in [-0.39, 0.29) is 11.9 Å². The molecule has 2 rings (SSSR count). The average molecular weight is 318 g/mol. The van der Waals surface area contributed by atoms with Crippen LogP contribution in [0, 0.1) is 11.8 Å². The largest absolute Gasteiger partial charge is 0.481 e. The van der Waals surface area contributed by atoms with E-state index in [4.69, 9.17) is 0 Å².